The number of esters is 3. The van der Waals surface area contributed by atoms with Gasteiger partial charge in [0.25, 0.3) is 0 Å². The molecule has 6 heteroatoms. The molecule has 0 rings (SSSR count). The highest BCUT2D eigenvalue weighted by Crippen LogP contribution is 2.13. The number of unbranched alkanes of at least 4 members (excludes halogenated alkanes) is 17. The number of carbonyl (C=O) groups excluding carboxylic acids is 3. The summed E-state index contributed by atoms with van der Waals surface area (Å²) in [7, 11) is 0. The second-order valence-electron chi connectivity index (χ2n) is 17.7. The van der Waals surface area contributed by atoms with Crippen molar-refractivity contribution >= 4 is 17.9 Å². The molecule has 0 bridgehead atoms. The quantitative estimate of drug-likeness (QED) is 0.0262. The van der Waals surface area contributed by atoms with Crippen LogP contribution in [0.2, 0.25) is 0 Å². The summed E-state index contributed by atoms with van der Waals surface area (Å²) in [6.45, 7) is 6.32. The van der Waals surface area contributed by atoms with Gasteiger partial charge in [0.2, 0.25) is 0 Å². The Balaban J connectivity index is 4.50. The van der Waals surface area contributed by atoms with Gasteiger partial charge in [-0.05, 0) is 122 Å². The van der Waals surface area contributed by atoms with E-state index in [1.807, 2.05) is 0 Å². The van der Waals surface area contributed by atoms with Gasteiger partial charge in [0, 0.05) is 19.3 Å². The number of hydrogen-bond acceptors (Lipinski definition) is 6. The molecule has 0 saturated heterocycles. The first-order valence-corrected chi connectivity index (χ1v) is 27.5. The summed E-state index contributed by atoms with van der Waals surface area (Å²) in [4.78, 5) is 38.1. The van der Waals surface area contributed by atoms with Crippen molar-refractivity contribution < 1.29 is 28.6 Å². The molecule has 0 heterocycles. The lowest BCUT2D eigenvalue weighted by Crippen LogP contribution is -2.30. The summed E-state index contributed by atoms with van der Waals surface area (Å²) in [6.07, 6.45) is 76.1. The number of ether oxygens (including phenoxy) is 3. The first kappa shape index (κ1) is 63.8. The van der Waals surface area contributed by atoms with Crippen molar-refractivity contribution in [2.45, 2.75) is 239 Å². The molecule has 0 aromatic rings. The van der Waals surface area contributed by atoms with Crippen molar-refractivity contribution in [2.24, 2.45) is 0 Å². The zero-order chi connectivity index (χ0) is 49.3. The fourth-order valence-electron chi connectivity index (χ4n) is 7.09. The van der Waals surface area contributed by atoms with E-state index < -0.39 is 6.10 Å². The van der Waals surface area contributed by atoms with Crippen molar-refractivity contribution in [2.75, 3.05) is 13.2 Å². The van der Waals surface area contributed by atoms with E-state index in [0.717, 1.165) is 148 Å². The maximum absolute atomic E-state index is 12.8. The Bertz CT molecular complexity index is 1450. The van der Waals surface area contributed by atoms with Crippen molar-refractivity contribution in [1.29, 1.82) is 0 Å². The van der Waals surface area contributed by atoms with E-state index >= 15 is 0 Å². The van der Waals surface area contributed by atoms with Crippen LogP contribution in [0.5, 0.6) is 0 Å². The van der Waals surface area contributed by atoms with E-state index in [0.29, 0.717) is 19.3 Å². The van der Waals surface area contributed by atoms with Gasteiger partial charge in [0.05, 0.1) is 0 Å². The van der Waals surface area contributed by atoms with Crippen LogP contribution in [0.4, 0.5) is 0 Å². The molecule has 0 aliphatic carbocycles. The molecule has 0 aliphatic rings. The van der Waals surface area contributed by atoms with Crippen molar-refractivity contribution in [3.05, 3.63) is 122 Å². The Morgan fingerprint density at radius 2 is 0.574 bits per heavy atom. The minimum Gasteiger partial charge on any atom is -0.462 e. The molecule has 0 aliphatic heterocycles. The largest absolute Gasteiger partial charge is 0.462 e. The highest BCUT2D eigenvalue weighted by atomic mass is 16.6. The third-order valence-electron chi connectivity index (χ3n) is 11.2. The standard InChI is InChI=1S/C62H100O6/c1-4-7-10-13-16-19-22-25-28-30-31-33-34-37-40-43-46-49-52-55-61(64)67-58-59(57-66-60(63)54-51-48-45-42-39-36-27-24-21-18-15-12-9-6-3)68-62(65)56-53-50-47-44-41-38-35-32-29-26-23-20-17-14-11-8-5-2/h7-8,10-11,15-20,24-29,31,33,37,40,59H,4-6,9,12-14,21-23,30,32,34-36,38-39,41-58H2,1-3H3/b10-7-,11-8-,18-15-,19-16-,20-17-,27-24-,28-25-,29-26-,33-31-,40-37-. The molecule has 384 valence electrons. The first-order chi connectivity index (χ1) is 33.5. The average Bonchev–Trinajstić information content (AvgIpc) is 3.34. The third kappa shape index (κ3) is 52.8. The van der Waals surface area contributed by atoms with Gasteiger partial charge in [-0.3, -0.25) is 14.4 Å². The van der Waals surface area contributed by atoms with Gasteiger partial charge in [-0.15, -0.1) is 0 Å². The maximum Gasteiger partial charge on any atom is 0.306 e. The second-order valence-corrected chi connectivity index (χ2v) is 17.7. The Morgan fingerprint density at radius 3 is 0.912 bits per heavy atom. The highest BCUT2D eigenvalue weighted by molar-refractivity contribution is 5.71. The second kappa shape index (κ2) is 55.4. The van der Waals surface area contributed by atoms with E-state index in [9.17, 15) is 14.4 Å². The summed E-state index contributed by atoms with van der Waals surface area (Å²) in [5, 5.41) is 0. The summed E-state index contributed by atoms with van der Waals surface area (Å²) in [6, 6.07) is 0. The fraction of sp³-hybridized carbons (Fsp3) is 0.629. The van der Waals surface area contributed by atoms with Crippen LogP contribution in [0, 0.1) is 0 Å². The lowest BCUT2D eigenvalue weighted by Gasteiger charge is -2.18. The minimum atomic E-state index is -0.807. The molecule has 6 nitrogen and oxygen atoms in total. The van der Waals surface area contributed by atoms with Crippen LogP contribution in [0.3, 0.4) is 0 Å². The lowest BCUT2D eigenvalue weighted by atomic mass is 10.1. The summed E-state index contributed by atoms with van der Waals surface area (Å²) >= 11 is 0. The van der Waals surface area contributed by atoms with Crippen LogP contribution in [0.1, 0.15) is 233 Å². The Morgan fingerprint density at radius 1 is 0.309 bits per heavy atom. The first-order valence-electron chi connectivity index (χ1n) is 27.5. The van der Waals surface area contributed by atoms with Gasteiger partial charge < -0.3 is 14.2 Å². The predicted octanol–water partition coefficient (Wildman–Crippen LogP) is 18.5. The molecule has 0 saturated carbocycles. The van der Waals surface area contributed by atoms with Gasteiger partial charge in [-0.2, -0.15) is 0 Å². The molecule has 0 aromatic carbocycles. The van der Waals surface area contributed by atoms with Gasteiger partial charge in [-0.1, -0.05) is 213 Å². The van der Waals surface area contributed by atoms with E-state index in [4.69, 9.17) is 14.2 Å². The van der Waals surface area contributed by atoms with Crippen LogP contribution < -0.4 is 0 Å². The summed E-state index contributed by atoms with van der Waals surface area (Å²) < 4.78 is 16.8. The molecule has 0 radical (unpaired) electrons. The molecular formula is C62H100O6. The number of hydrogen-bond donors (Lipinski definition) is 0. The monoisotopic (exact) mass is 941 g/mol. The molecule has 0 spiro atoms. The zero-order valence-electron chi connectivity index (χ0n) is 43.8. The van der Waals surface area contributed by atoms with E-state index in [2.05, 4.69) is 142 Å². The van der Waals surface area contributed by atoms with Gasteiger partial charge >= 0.3 is 17.9 Å². The molecule has 0 aromatic heterocycles. The topological polar surface area (TPSA) is 78.9 Å². The predicted molar refractivity (Wildman–Crippen MR) is 293 cm³/mol. The Hall–Kier alpha value is -4.19. The average molecular weight is 941 g/mol. The van der Waals surface area contributed by atoms with Crippen LogP contribution >= 0.6 is 0 Å². The van der Waals surface area contributed by atoms with Crippen molar-refractivity contribution in [3.63, 3.8) is 0 Å². The van der Waals surface area contributed by atoms with Crippen LogP contribution in [0.15, 0.2) is 122 Å². The maximum atomic E-state index is 12.8. The minimum absolute atomic E-state index is 0.103. The van der Waals surface area contributed by atoms with Crippen molar-refractivity contribution in [1.82, 2.24) is 0 Å². The van der Waals surface area contributed by atoms with Crippen LogP contribution in [-0.4, -0.2) is 37.2 Å². The number of carbonyl (C=O) groups is 3. The van der Waals surface area contributed by atoms with Crippen molar-refractivity contribution in [3.8, 4) is 0 Å². The van der Waals surface area contributed by atoms with Crippen LogP contribution in [-0.2, 0) is 28.6 Å². The summed E-state index contributed by atoms with van der Waals surface area (Å²) in [5.41, 5.74) is 0. The van der Waals surface area contributed by atoms with E-state index in [1.54, 1.807) is 0 Å². The molecular weight excluding hydrogens is 841 g/mol. The summed E-state index contributed by atoms with van der Waals surface area (Å²) in [5.74, 6) is -0.963. The molecule has 0 N–H and O–H groups in total. The number of rotatable bonds is 48. The lowest BCUT2D eigenvalue weighted by molar-refractivity contribution is -0.167. The molecule has 68 heavy (non-hydrogen) atoms. The molecule has 0 fully saturated rings. The number of allylic oxidation sites excluding steroid dienone is 20. The van der Waals surface area contributed by atoms with Gasteiger partial charge in [-0.25, -0.2) is 0 Å². The smallest absolute Gasteiger partial charge is 0.306 e. The third-order valence-corrected chi connectivity index (χ3v) is 11.2. The van der Waals surface area contributed by atoms with Gasteiger partial charge in [0.1, 0.15) is 13.2 Å². The van der Waals surface area contributed by atoms with E-state index in [-0.39, 0.29) is 31.1 Å². The molecule has 1 unspecified atom stereocenters. The molecule has 1 atom stereocenters. The zero-order valence-corrected chi connectivity index (χ0v) is 43.8. The molecule has 0 amide bonds. The van der Waals surface area contributed by atoms with Gasteiger partial charge in [0.15, 0.2) is 6.10 Å². The normalized spacial score (nSPS) is 13.0. The van der Waals surface area contributed by atoms with Crippen LogP contribution in [0.25, 0.3) is 0 Å². The Kier molecular flexibility index (Phi) is 52.0. The SMILES string of the molecule is CC/C=C\C/C=C\C/C=C\C/C=C\C/C=C\CCCCCC(=O)OCC(COC(=O)CCCCCCC/C=C\C/C=C\CCCC)OC(=O)CCCCCCCCC/C=C\C/C=C\C/C=C\CC. The highest BCUT2D eigenvalue weighted by Gasteiger charge is 2.19. The fourth-order valence-corrected chi connectivity index (χ4v) is 7.09. The Labute approximate surface area is 418 Å². The van der Waals surface area contributed by atoms with E-state index in [1.165, 1.54) is 44.9 Å².